The minimum Gasteiger partial charge on any atom is -0.480 e. The number of carbonyl (C=O) groups is 5. The lowest BCUT2D eigenvalue weighted by atomic mass is 10.0. The molecule has 212 valence electrons. The number of anilines is 1. The number of hydrogen-bond acceptors (Lipinski definition) is 8. The number of allylic oxidation sites excluding steroid dienone is 1. The first-order valence-electron chi connectivity index (χ1n) is 12.7. The van der Waals surface area contributed by atoms with E-state index in [1.54, 1.807) is 18.2 Å². The number of piperidine rings is 1. The highest BCUT2D eigenvalue weighted by Crippen LogP contribution is 2.33. The second kappa shape index (κ2) is 14.3. The van der Waals surface area contributed by atoms with Gasteiger partial charge in [-0.05, 0) is 37.3 Å². The van der Waals surface area contributed by atoms with E-state index in [9.17, 15) is 29.1 Å². The van der Waals surface area contributed by atoms with Crippen molar-refractivity contribution in [3.63, 3.8) is 0 Å². The van der Waals surface area contributed by atoms with Crippen LogP contribution in [0.1, 0.15) is 55.5 Å². The molecule has 0 aromatic heterocycles. The van der Waals surface area contributed by atoms with Crippen molar-refractivity contribution in [2.75, 3.05) is 23.4 Å². The van der Waals surface area contributed by atoms with Gasteiger partial charge in [0.25, 0.3) is 5.91 Å². The van der Waals surface area contributed by atoms with Crippen molar-refractivity contribution < 1.29 is 33.8 Å². The van der Waals surface area contributed by atoms with Crippen molar-refractivity contribution in [3.8, 4) is 0 Å². The van der Waals surface area contributed by atoms with Crippen LogP contribution in [-0.4, -0.2) is 70.0 Å². The van der Waals surface area contributed by atoms with E-state index in [1.165, 1.54) is 26.5 Å². The fourth-order valence-electron chi connectivity index (χ4n) is 4.31. The fraction of sp³-hybridized carbons (Fsp3) is 0.500. The van der Waals surface area contributed by atoms with Gasteiger partial charge < -0.3 is 25.4 Å². The second-order valence-corrected chi connectivity index (χ2v) is 12.4. The summed E-state index contributed by atoms with van der Waals surface area (Å²) in [6, 6.07) is 3.55. The summed E-state index contributed by atoms with van der Waals surface area (Å²) in [4.78, 5) is 62.5. The molecule has 4 N–H and O–H groups in total. The highest BCUT2D eigenvalue weighted by Gasteiger charge is 2.39. The van der Waals surface area contributed by atoms with Crippen LogP contribution < -0.4 is 16.0 Å². The number of carbonyl (C=O) groups excluding carboxylic acids is 4. The molecule has 0 saturated carbocycles. The molecule has 1 aromatic rings. The maximum absolute atomic E-state index is 12.9. The van der Waals surface area contributed by atoms with E-state index in [0.29, 0.717) is 53.3 Å². The Morgan fingerprint density at radius 3 is 2.67 bits per heavy atom. The first-order chi connectivity index (χ1) is 18.6. The van der Waals surface area contributed by atoms with E-state index >= 15 is 0 Å². The standard InChI is InChI=1S/C26H34N4O7S2/c1-15(2)13-20(25(34)35)28-22(31)9-11-38-39-12-10-37-26(36)29-19-6-4-5-17-18(19)14-30(24(17)33)21-8-7-16(3)27-23(21)32/h4-6,15,20-21H,3,7-14H2,1-2H3,(H,27,32)(H,28,31)(H,29,36)(H,34,35)/t20-,21?/m0/s1. The minimum absolute atomic E-state index is 0.136. The molecule has 4 amide bonds. The first kappa shape index (κ1) is 30.4. The van der Waals surface area contributed by atoms with Gasteiger partial charge in [0.15, 0.2) is 0 Å². The number of carboxylic acids is 1. The molecule has 3 rings (SSSR count). The number of amides is 4. The number of nitrogens with one attached hydrogen (secondary N) is 3. The molecule has 13 heteroatoms. The van der Waals surface area contributed by atoms with Gasteiger partial charge in [-0.25, -0.2) is 9.59 Å². The van der Waals surface area contributed by atoms with Gasteiger partial charge in [0.2, 0.25) is 11.8 Å². The summed E-state index contributed by atoms with van der Waals surface area (Å²) < 4.78 is 5.25. The molecule has 1 fully saturated rings. The quantitative estimate of drug-likeness (QED) is 0.204. The Morgan fingerprint density at radius 2 is 1.97 bits per heavy atom. The maximum Gasteiger partial charge on any atom is 0.411 e. The van der Waals surface area contributed by atoms with Crippen LogP contribution in [0.4, 0.5) is 10.5 Å². The number of fused-ring (bicyclic) bond motifs is 1. The van der Waals surface area contributed by atoms with E-state index in [2.05, 4.69) is 22.5 Å². The molecular formula is C26H34N4O7S2. The molecule has 11 nitrogen and oxygen atoms in total. The van der Waals surface area contributed by atoms with Crippen LogP contribution in [0.15, 0.2) is 30.5 Å². The van der Waals surface area contributed by atoms with Gasteiger partial charge in [0.05, 0.1) is 0 Å². The summed E-state index contributed by atoms with van der Waals surface area (Å²) in [5.74, 6) is -0.727. The summed E-state index contributed by atoms with van der Waals surface area (Å²) in [6.45, 7) is 7.91. The largest absolute Gasteiger partial charge is 0.480 e. The van der Waals surface area contributed by atoms with Gasteiger partial charge in [-0.2, -0.15) is 0 Å². The highest BCUT2D eigenvalue weighted by atomic mass is 33.1. The molecular weight excluding hydrogens is 544 g/mol. The van der Waals surface area contributed by atoms with Crippen LogP contribution >= 0.6 is 21.6 Å². The van der Waals surface area contributed by atoms with Crippen LogP contribution in [0.2, 0.25) is 0 Å². The molecule has 0 spiro atoms. The van der Waals surface area contributed by atoms with Gasteiger partial charge in [-0.3, -0.25) is 19.7 Å². The molecule has 0 aliphatic carbocycles. The van der Waals surface area contributed by atoms with Crippen molar-refractivity contribution in [3.05, 3.63) is 41.6 Å². The molecule has 2 aliphatic rings. The number of carboxylic acid groups (broad SMARTS) is 1. The third-order valence-electron chi connectivity index (χ3n) is 6.17. The summed E-state index contributed by atoms with van der Waals surface area (Å²) in [6.07, 6.45) is 0.998. The summed E-state index contributed by atoms with van der Waals surface area (Å²) in [5.41, 5.74) is 2.18. The van der Waals surface area contributed by atoms with Gasteiger partial charge in [0.1, 0.15) is 18.7 Å². The van der Waals surface area contributed by atoms with E-state index in [1.807, 2.05) is 13.8 Å². The predicted molar refractivity (Wildman–Crippen MR) is 150 cm³/mol. The van der Waals surface area contributed by atoms with Crippen molar-refractivity contribution in [2.24, 2.45) is 5.92 Å². The van der Waals surface area contributed by atoms with Crippen LogP contribution in [0.25, 0.3) is 0 Å². The van der Waals surface area contributed by atoms with Gasteiger partial charge >= 0.3 is 12.1 Å². The molecule has 1 saturated heterocycles. The third kappa shape index (κ3) is 8.65. The average Bonchev–Trinajstić information content (AvgIpc) is 3.20. The van der Waals surface area contributed by atoms with Crippen molar-refractivity contribution in [1.29, 1.82) is 0 Å². The third-order valence-corrected chi connectivity index (χ3v) is 8.54. The zero-order chi connectivity index (χ0) is 28.5. The minimum atomic E-state index is -1.04. The average molecular weight is 579 g/mol. The first-order valence-corrected chi connectivity index (χ1v) is 15.2. The van der Waals surface area contributed by atoms with Gasteiger partial charge in [0, 0.05) is 47.0 Å². The Labute approximate surface area is 235 Å². The summed E-state index contributed by atoms with van der Waals surface area (Å²) in [5, 5.41) is 17.2. The summed E-state index contributed by atoms with van der Waals surface area (Å²) in [7, 11) is 2.87. The molecule has 0 bridgehead atoms. The van der Waals surface area contributed by atoms with Crippen LogP contribution in [0.5, 0.6) is 0 Å². The van der Waals surface area contributed by atoms with E-state index in [0.717, 1.165) is 0 Å². The zero-order valence-corrected chi connectivity index (χ0v) is 23.6. The number of rotatable bonds is 13. The van der Waals surface area contributed by atoms with E-state index < -0.39 is 24.1 Å². The van der Waals surface area contributed by atoms with Crippen molar-refractivity contribution >= 4 is 57.1 Å². The number of ether oxygens (including phenoxy) is 1. The SMILES string of the molecule is C=C1CCC(N2Cc3c(NC(=O)OCCSSCCC(=O)N[C@@H](CC(C)C)C(=O)O)cccc3C2=O)C(=O)N1. The van der Waals surface area contributed by atoms with Crippen molar-refractivity contribution in [2.45, 2.75) is 58.2 Å². The molecule has 0 radical (unpaired) electrons. The molecule has 1 unspecified atom stereocenters. The smallest absolute Gasteiger partial charge is 0.411 e. The highest BCUT2D eigenvalue weighted by molar-refractivity contribution is 8.76. The van der Waals surface area contributed by atoms with Gasteiger partial charge in [-0.1, -0.05) is 48.1 Å². The Morgan fingerprint density at radius 1 is 1.23 bits per heavy atom. The van der Waals surface area contributed by atoms with Crippen molar-refractivity contribution in [1.82, 2.24) is 15.5 Å². The normalized spacial score (nSPS) is 17.5. The lowest BCUT2D eigenvalue weighted by Gasteiger charge is -2.31. The molecule has 2 heterocycles. The van der Waals surface area contributed by atoms with E-state index in [4.69, 9.17) is 4.74 Å². The Hall–Kier alpha value is -3.19. The molecule has 39 heavy (non-hydrogen) atoms. The summed E-state index contributed by atoms with van der Waals surface area (Å²) >= 11 is 0. The monoisotopic (exact) mass is 578 g/mol. The van der Waals surface area contributed by atoms with Crippen LogP contribution in [-0.2, 0) is 25.7 Å². The number of benzene rings is 1. The van der Waals surface area contributed by atoms with E-state index in [-0.39, 0.29) is 43.2 Å². The predicted octanol–water partition coefficient (Wildman–Crippen LogP) is 3.37. The lowest BCUT2D eigenvalue weighted by Crippen LogP contribution is -2.49. The lowest BCUT2D eigenvalue weighted by molar-refractivity contribution is -0.142. The van der Waals surface area contributed by atoms with Crippen LogP contribution in [0.3, 0.4) is 0 Å². The molecule has 1 aromatic carbocycles. The number of nitrogens with zero attached hydrogens (tertiary/aromatic N) is 1. The fourth-order valence-corrected chi connectivity index (χ4v) is 6.13. The van der Waals surface area contributed by atoms with Crippen LogP contribution in [0, 0.1) is 5.92 Å². The topological polar surface area (TPSA) is 154 Å². The van der Waals surface area contributed by atoms with Gasteiger partial charge in [-0.15, -0.1) is 0 Å². The Bertz CT molecular complexity index is 1130. The molecule has 2 aliphatic heterocycles. The number of hydrogen-bond donors (Lipinski definition) is 4. The number of aliphatic carboxylic acids is 1. The second-order valence-electron chi connectivity index (χ2n) is 9.65. The molecule has 2 atom stereocenters. The Balaban J connectivity index is 1.37. The maximum atomic E-state index is 12.9. The Kier molecular flexibility index (Phi) is 11.1. The zero-order valence-electron chi connectivity index (χ0n) is 22.0.